The fraction of sp³-hybridized carbons (Fsp3) is 0.286. The van der Waals surface area contributed by atoms with E-state index in [1.165, 1.54) is 10.8 Å². The summed E-state index contributed by atoms with van der Waals surface area (Å²) >= 11 is 0. The van der Waals surface area contributed by atoms with Crippen molar-refractivity contribution in [2.45, 2.75) is 0 Å². The van der Waals surface area contributed by atoms with Crippen LogP contribution in [0.5, 0.6) is 5.75 Å². The van der Waals surface area contributed by atoms with Gasteiger partial charge in [-0.25, -0.2) is 4.98 Å². The molecule has 0 amide bonds. The van der Waals surface area contributed by atoms with Gasteiger partial charge in [0.05, 0.1) is 12.8 Å². The van der Waals surface area contributed by atoms with Crippen LogP contribution in [-0.2, 0) is 0 Å². The first-order valence-electron chi connectivity index (χ1n) is 8.72. The predicted octanol–water partition coefficient (Wildman–Crippen LogP) is 3.66. The fourth-order valence-corrected chi connectivity index (χ4v) is 3.35. The third kappa shape index (κ3) is 3.17. The van der Waals surface area contributed by atoms with E-state index in [9.17, 15) is 0 Å². The van der Waals surface area contributed by atoms with Crippen molar-refractivity contribution in [3.8, 4) is 17.0 Å². The minimum atomic E-state index is 0.865. The zero-order valence-electron chi connectivity index (χ0n) is 14.8. The Morgan fingerprint density at radius 1 is 0.920 bits per heavy atom. The molecule has 1 aromatic heterocycles. The molecule has 1 saturated heterocycles. The quantitative estimate of drug-likeness (QED) is 0.731. The molecule has 0 radical (unpaired) electrons. The van der Waals surface area contributed by atoms with Gasteiger partial charge in [-0.2, -0.15) is 0 Å². The van der Waals surface area contributed by atoms with Gasteiger partial charge in [0.1, 0.15) is 11.6 Å². The standard InChI is InChI=1S/C21H23N3O/c1-23-11-13-24(14-12-23)21-19-6-4-3-5-17(19)15-20(22-21)16-7-9-18(25-2)10-8-16/h3-10,15H,11-14H2,1-2H3. The molecule has 2 aromatic carbocycles. The number of nitrogens with zero attached hydrogens (tertiary/aromatic N) is 3. The Hall–Kier alpha value is -2.59. The average molecular weight is 333 g/mol. The Bertz CT molecular complexity index is 868. The van der Waals surface area contributed by atoms with E-state index in [0.717, 1.165) is 49.0 Å². The van der Waals surface area contributed by atoms with Crippen LogP contribution in [0.1, 0.15) is 0 Å². The van der Waals surface area contributed by atoms with Crippen LogP contribution in [0.25, 0.3) is 22.0 Å². The van der Waals surface area contributed by atoms with Gasteiger partial charge in [-0.3, -0.25) is 0 Å². The normalized spacial score (nSPS) is 15.5. The van der Waals surface area contributed by atoms with Gasteiger partial charge in [-0.05, 0) is 42.8 Å². The number of benzene rings is 2. The van der Waals surface area contributed by atoms with Gasteiger partial charge in [0.15, 0.2) is 0 Å². The van der Waals surface area contributed by atoms with Crippen molar-refractivity contribution in [3.63, 3.8) is 0 Å². The molecule has 0 bridgehead atoms. The molecule has 25 heavy (non-hydrogen) atoms. The number of aromatic nitrogens is 1. The third-order valence-corrected chi connectivity index (χ3v) is 4.91. The molecule has 128 valence electrons. The van der Waals surface area contributed by atoms with Crippen molar-refractivity contribution in [3.05, 3.63) is 54.6 Å². The molecule has 0 atom stereocenters. The summed E-state index contributed by atoms with van der Waals surface area (Å²) in [6, 6.07) is 18.8. The Kier molecular flexibility index (Phi) is 4.28. The number of anilines is 1. The largest absolute Gasteiger partial charge is 0.497 e. The van der Waals surface area contributed by atoms with Gasteiger partial charge in [0, 0.05) is 37.1 Å². The molecule has 1 aliphatic rings. The predicted molar refractivity (Wildman–Crippen MR) is 103 cm³/mol. The highest BCUT2D eigenvalue weighted by Crippen LogP contribution is 2.31. The van der Waals surface area contributed by atoms with E-state index in [2.05, 4.69) is 59.3 Å². The number of rotatable bonds is 3. The van der Waals surface area contributed by atoms with Crippen molar-refractivity contribution in [2.75, 3.05) is 45.2 Å². The highest BCUT2D eigenvalue weighted by Gasteiger charge is 2.18. The van der Waals surface area contributed by atoms with E-state index in [4.69, 9.17) is 9.72 Å². The van der Waals surface area contributed by atoms with Crippen LogP contribution in [0, 0.1) is 0 Å². The lowest BCUT2D eigenvalue weighted by atomic mass is 10.1. The molecule has 4 heteroatoms. The summed E-state index contributed by atoms with van der Waals surface area (Å²) < 4.78 is 5.27. The van der Waals surface area contributed by atoms with E-state index in [0.29, 0.717) is 0 Å². The smallest absolute Gasteiger partial charge is 0.137 e. The number of piperazine rings is 1. The van der Waals surface area contributed by atoms with Gasteiger partial charge in [-0.1, -0.05) is 24.3 Å². The van der Waals surface area contributed by atoms with Crippen LogP contribution in [-0.4, -0.2) is 50.2 Å². The third-order valence-electron chi connectivity index (χ3n) is 4.91. The number of methoxy groups -OCH3 is 1. The molecule has 0 aliphatic carbocycles. The molecule has 1 aliphatic heterocycles. The second kappa shape index (κ2) is 6.73. The first-order valence-corrected chi connectivity index (χ1v) is 8.72. The molecule has 2 heterocycles. The van der Waals surface area contributed by atoms with E-state index in [-0.39, 0.29) is 0 Å². The van der Waals surface area contributed by atoms with Crippen molar-refractivity contribution >= 4 is 16.6 Å². The summed E-state index contributed by atoms with van der Waals surface area (Å²) in [7, 11) is 3.87. The van der Waals surface area contributed by atoms with E-state index in [1.54, 1.807) is 7.11 Å². The van der Waals surface area contributed by atoms with E-state index < -0.39 is 0 Å². The Labute approximate surface area is 148 Å². The van der Waals surface area contributed by atoms with Crippen LogP contribution in [0.2, 0.25) is 0 Å². The first kappa shape index (κ1) is 15.9. The maximum absolute atomic E-state index is 5.27. The second-order valence-electron chi connectivity index (χ2n) is 6.57. The number of hydrogen-bond acceptors (Lipinski definition) is 4. The average Bonchev–Trinajstić information content (AvgIpc) is 2.68. The highest BCUT2D eigenvalue weighted by molar-refractivity contribution is 5.95. The van der Waals surface area contributed by atoms with Crippen LogP contribution < -0.4 is 9.64 Å². The number of fused-ring (bicyclic) bond motifs is 1. The molecule has 4 nitrogen and oxygen atoms in total. The van der Waals surface area contributed by atoms with Gasteiger partial charge in [0.2, 0.25) is 0 Å². The topological polar surface area (TPSA) is 28.6 Å². The van der Waals surface area contributed by atoms with E-state index >= 15 is 0 Å². The van der Waals surface area contributed by atoms with Gasteiger partial charge in [0.25, 0.3) is 0 Å². The maximum Gasteiger partial charge on any atom is 0.137 e. The summed E-state index contributed by atoms with van der Waals surface area (Å²) in [5.74, 6) is 1.96. The number of ether oxygens (including phenoxy) is 1. The molecular formula is C21H23N3O. The van der Waals surface area contributed by atoms with E-state index in [1.807, 2.05) is 12.1 Å². The lowest BCUT2D eigenvalue weighted by Crippen LogP contribution is -2.44. The highest BCUT2D eigenvalue weighted by atomic mass is 16.5. The first-order chi connectivity index (χ1) is 12.2. The molecule has 3 aromatic rings. The molecule has 0 spiro atoms. The van der Waals surface area contributed by atoms with Crippen molar-refractivity contribution < 1.29 is 4.74 Å². The lowest BCUT2D eigenvalue weighted by Gasteiger charge is -2.34. The minimum Gasteiger partial charge on any atom is -0.497 e. The van der Waals surface area contributed by atoms with Crippen LogP contribution in [0.15, 0.2) is 54.6 Å². The zero-order chi connectivity index (χ0) is 17.2. The van der Waals surface area contributed by atoms with Gasteiger partial charge in [-0.15, -0.1) is 0 Å². The molecule has 0 unspecified atom stereocenters. The van der Waals surface area contributed by atoms with Crippen LogP contribution in [0.3, 0.4) is 0 Å². The maximum atomic E-state index is 5.27. The molecule has 0 N–H and O–H groups in total. The second-order valence-corrected chi connectivity index (χ2v) is 6.57. The summed E-state index contributed by atoms with van der Waals surface area (Å²) in [6.07, 6.45) is 0. The molecule has 4 rings (SSSR count). The number of likely N-dealkylation sites (N-methyl/N-ethyl adjacent to an activating group) is 1. The Morgan fingerprint density at radius 3 is 2.36 bits per heavy atom. The Balaban J connectivity index is 1.80. The van der Waals surface area contributed by atoms with Crippen molar-refractivity contribution in [1.82, 2.24) is 9.88 Å². The summed E-state index contributed by atoms with van der Waals surface area (Å²) in [6.45, 7) is 4.17. The summed E-state index contributed by atoms with van der Waals surface area (Å²) in [4.78, 5) is 9.82. The van der Waals surface area contributed by atoms with Gasteiger partial charge < -0.3 is 14.5 Å². The number of hydrogen-bond donors (Lipinski definition) is 0. The molecule has 1 fully saturated rings. The zero-order valence-corrected chi connectivity index (χ0v) is 14.8. The monoisotopic (exact) mass is 333 g/mol. The fourth-order valence-electron chi connectivity index (χ4n) is 3.35. The summed E-state index contributed by atoms with van der Waals surface area (Å²) in [5, 5.41) is 2.46. The molecule has 0 saturated carbocycles. The SMILES string of the molecule is COc1ccc(-c2cc3ccccc3c(N3CCN(C)CC3)n2)cc1. The Morgan fingerprint density at radius 2 is 1.64 bits per heavy atom. The molecular weight excluding hydrogens is 310 g/mol. The minimum absolute atomic E-state index is 0.865. The summed E-state index contributed by atoms with van der Waals surface area (Å²) in [5.41, 5.74) is 2.12. The lowest BCUT2D eigenvalue weighted by molar-refractivity contribution is 0.312. The van der Waals surface area contributed by atoms with Crippen LogP contribution >= 0.6 is 0 Å². The van der Waals surface area contributed by atoms with Gasteiger partial charge >= 0.3 is 0 Å². The van der Waals surface area contributed by atoms with Crippen molar-refractivity contribution in [1.29, 1.82) is 0 Å². The number of pyridine rings is 1. The van der Waals surface area contributed by atoms with Crippen molar-refractivity contribution in [2.24, 2.45) is 0 Å². The van der Waals surface area contributed by atoms with Crippen LogP contribution in [0.4, 0.5) is 5.82 Å².